The highest BCUT2D eigenvalue weighted by Gasteiger charge is 2.36. The molecule has 8 heteroatoms. The second-order valence-corrected chi connectivity index (χ2v) is 4.65. The van der Waals surface area contributed by atoms with Crippen molar-refractivity contribution >= 4 is 23.2 Å². The third kappa shape index (κ3) is 3.36. The molecule has 1 N–H and O–H groups in total. The van der Waals surface area contributed by atoms with Gasteiger partial charge < -0.3 is 5.32 Å². The molecule has 0 saturated heterocycles. The van der Waals surface area contributed by atoms with Gasteiger partial charge >= 0.3 is 6.18 Å². The number of anilines is 1. The lowest BCUT2D eigenvalue weighted by Crippen LogP contribution is -2.20. The minimum Gasteiger partial charge on any atom is -0.322 e. The fourth-order valence-corrected chi connectivity index (χ4v) is 1.94. The summed E-state index contributed by atoms with van der Waals surface area (Å²) in [5.41, 5.74) is -2.61. The Bertz CT molecular complexity index is 730. The summed E-state index contributed by atoms with van der Waals surface area (Å²) in [6.07, 6.45) is -4.89. The van der Waals surface area contributed by atoms with E-state index in [9.17, 15) is 26.7 Å². The van der Waals surface area contributed by atoms with Crippen molar-refractivity contribution in [2.75, 3.05) is 5.32 Å². The van der Waals surface area contributed by atoms with Gasteiger partial charge in [0.2, 0.25) is 0 Å². The van der Waals surface area contributed by atoms with E-state index >= 15 is 0 Å². The lowest BCUT2D eigenvalue weighted by molar-refractivity contribution is -0.138. The number of carbonyl (C=O) groups is 1. The van der Waals surface area contributed by atoms with Crippen LogP contribution >= 0.6 is 11.6 Å². The first-order chi connectivity index (χ1) is 10.2. The molecular weight excluding hydrogens is 329 g/mol. The van der Waals surface area contributed by atoms with E-state index < -0.39 is 34.8 Å². The van der Waals surface area contributed by atoms with Gasteiger partial charge in [0, 0.05) is 5.69 Å². The van der Waals surface area contributed by atoms with Crippen LogP contribution in [-0.4, -0.2) is 5.91 Å². The predicted molar refractivity (Wildman–Crippen MR) is 70.8 cm³/mol. The fourth-order valence-electron chi connectivity index (χ4n) is 1.76. The average Bonchev–Trinajstić information content (AvgIpc) is 2.41. The van der Waals surface area contributed by atoms with Crippen LogP contribution < -0.4 is 5.32 Å². The Kier molecular flexibility index (Phi) is 4.37. The maximum Gasteiger partial charge on any atom is 0.417 e. The number of benzene rings is 2. The second kappa shape index (κ2) is 5.92. The summed E-state index contributed by atoms with van der Waals surface area (Å²) in [4.78, 5) is 11.9. The Morgan fingerprint density at radius 1 is 1.05 bits per heavy atom. The van der Waals surface area contributed by atoms with Gasteiger partial charge in [-0.15, -0.1) is 0 Å². The monoisotopic (exact) mass is 335 g/mol. The lowest BCUT2D eigenvalue weighted by Gasteiger charge is -2.13. The molecule has 0 aliphatic heterocycles. The van der Waals surface area contributed by atoms with Crippen LogP contribution in [0.3, 0.4) is 0 Å². The van der Waals surface area contributed by atoms with Gasteiger partial charge in [-0.05, 0) is 30.3 Å². The second-order valence-electron chi connectivity index (χ2n) is 4.24. The van der Waals surface area contributed by atoms with Crippen molar-refractivity contribution in [1.29, 1.82) is 0 Å². The summed E-state index contributed by atoms with van der Waals surface area (Å²) in [5, 5.41) is 1.72. The zero-order valence-corrected chi connectivity index (χ0v) is 11.4. The molecule has 22 heavy (non-hydrogen) atoms. The number of nitrogens with one attached hydrogen (secondary N) is 1. The summed E-state index contributed by atoms with van der Waals surface area (Å²) < 4.78 is 65.1. The van der Waals surface area contributed by atoms with E-state index in [1.807, 2.05) is 5.32 Å². The zero-order valence-electron chi connectivity index (χ0n) is 10.6. The van der Waals surface area contributed by atoms with Gasteiger partial charge in [0.05, 0.1) is 16.1 Å². The van der Waals surface area contributed by atoms with E-state index in [4.69, 9.17) is 11.6 Å². The van der Waals surface area contributed by atoms with Gasteiger partial charge in [-0.3, -0.25) is 4.79 Å². The van der Waals surface area contributed by atoms with E-state index in [1.165, 1.54) is 0 Å². The summed E-state index contributed by atoms with van der Waals surface area (Å²) in [7, 11) is 0. The SMILES string of the molecule is O=C(Nc1ccc(F)c(Cl)c1)c1c(F)cccc1C(F)(F)F. The van der Waals surface area contributed by atoms with Crippen LogP contribution in [-0.2, 0) is 6.18 Å². The van der Waals surface area contributed by atoms with Crippen molar-refractivity contribution in [1.82, 2.24) is 0 Å². The maximum atomic E-state index is 13.6. The highest BCUT2D eigenvalue weighted by atomic mass is 35.5. The first-order valence-electron chi connectivity index (χ1n) is 5.82. The smallest absolute Gasteiger partial charge is 0.322 e. The van der Waals surface area contributed by atoms with Crippen LogP contribution in [0.4, 0.5) is 27.6 Å². The molecule has 0 aliphatic carbocycles. The molecule has 0 atom stereocenters. The summed E-state index contributed by atoms with van der Waals surface area (Å²) in [5.74, 6) is -3.39. The van der Waals surface area contributed by atoms with E-state index in [1.54, 1.807) is 0 Å². The lowest BCUT2D eigenvalue weighted by atomic mass is 10.1. The van der Waals surface area contributed by atoms with Gasteiger partial charge in [0.25, 0.3) is 5.91 Å². The standard InChI is InChI=1S/C14H7ClF5NO/c15-9-6-7(4-5-10(9)16)21-13(22)12-8(14(18,19)20)2-1-3-11(12)17/h1-6H,(H,21,22). The zero-order chi connectivity index (χ0) is 16.5. The topological polar surface area (TPSA) is 29.1 Å². The molecule has 2 nitrogen and oxygen atoms in total. The minimum absolute atomic E-state index is 0.0622. The molecule has 2 aromatic rings. The van der Waals surface area contributed by atoms with Crippen LogP contribution in [0.2, 0.25) is 5.02 Å². The highest BCUT2D eigenvalue weighted by Crippen LogP contribution is 2.33. The Hall–Kier alpha value is -2.15. The largest absolute Gasteiger partial charge is 0.417 e. The van der Waals surface area contributed by atoms with Gasteiger partial charge in [0.15, 0.2) is 0 Å². The van der Waals surface area contributed by atoms with E-state index in [-0.39, 0.29) is 10.7 Å². The Balaban J connectivity index is 2.39. The molecule has 0 saturated carbocycles. The number of hydrogen-bond donors (Lipinski definition) is 1. The number of carbonyl (C=O) groups excluding carboxylic acids is 1. The molecule has 1 amide bonds. The molecule has 0 aliphatic rings. The maximum absolute atomic E-state index is 13.6. The van der Waals surface area contributed by atoms with Crippen LogP contribution in [0.15, 0.2) is 36.4 Å². The first kappa shape index (κ1) is 16.2. The normalized spacial score (nSPS) is 11.4. The van der Waals surface area contributed by atoms with Crippen molar-refractivity contribution in [3.8, 4) is 0 Å². The highest BCUT2D eigenvalue weighted by molar-refractivity contribution is 6.31. The minimum atomic E-state index is -4.89. The number of alkyl halides is 3. The van der Waals surface area contributed by atoms with Crippen molar-refractivity contribution in [3.63, 3.8) is 0 Å². The Labute approximate surface area is 126 Å². The van der Waals surface area contributed by atoms with E-state index in [0.29, 0.717) is 6.07 Å². The predicted octanol–water partition coefficient (Wildman–Crippen LogP) is 4.89. The molecule has 2 rings (SSSR count). The van der Waals surface area contributed by atoms with Crippen molar-refractivity contribution < 1.29 is 26.7 Å². The number of rotatable bonds is 2. The number of hydrogen-bond acceptors (Lipinski definition) is 1. The van der Waals surface area contributed by atoms with Crippen LogP contribution in [0.5, 0.6) is 0 Å². The van der Waals surface area contributed by atoms with E-state index in [2.05, 4.69) is 0 Å². The third-order valence-electron chi connectivity index (χ3n) is 2.72. The molecule has 0 spiro atoms. The molecule has 0 heterocycles. The molecular formula is C14H7ClF5NO. The number of halogens is 6. The molecule has 0 bridgehead atoms. The average molecular weight is 336 g/mol. The summed E-state index contributed by atoms with van der Waals surface area (Å²) in [6, 6.07) is 5.20. The summed E-state index contributed by atoms with van der Waals surface area (Å²) >= 11 is 5.50. The van der Waals surface area contributed by atoms with Crippen LogP contribution in [0, 0.1) is 11.6 Å². The summed E-state index contributed by atoms with van der Waals surface area (Å²) in [6.45, 7) is 0. The van der Waals surface area contributed by atoms with Gasteiger partial charge in [0.1, 0.15) is 11.6 Å². The van der Waals surface area contributed by atoms with Gasteiger partial charge in [-0.25, -0.2) is 8.78 Å². The molecule has 0 aromatic heterocycles. The molecule has 0 radical (unpaired) electrons. The van der Waals surface area contributed by atoms with Crippen molar-refractivity contribution in [2.45, 2.75) is 6.18 Å². The van der Waals surface area contributed by atoms with Crippen molar-refractivity contribution in [3.05, 3.63) is 64.2 Å². The van der Waals surface area contributed by atoms with E-state index in [0.717, 1.165) is 30.3 Å². The molecule has 2 aromatic carbocycles. The fraction of sp³-hybridized carbons (Fsp3) is 0.0714. The first-order valence-corrected chi connectivity index (χ1v) is 6.20. The Morgan fingerprint density at radius 3 is 2.32 bits per heavy atom. The van der Waals surface area contributed by atoms with Gasteiger partial charge in [-0.1, -0.05) is 17.7 Å². The third-order valence-corrected chi connectivity index (χ3v) is 3.01. The van der Waals surface area contributed by atoms with Crippen molar-refractivity contribution in [2.24, 2.45) is 0 Å². The molecule has 0 unspecified atom stereocenters. The molecule has 116 valence electrons. The van der Waals surface area contributed by atoms with Crippen LogP contribution in [0.25, 0.3) is 0 Å². The molecule has 0 fully saturated rings. The number of amides is 1. The Morgan fingerprint density at radius 2 is 1.73 bits per heavy atom. The van der Waals surface area contributed by atoms with Crippen LogP contribution in [0.1, 0.15) is 15.9 Å². The van der Waals surface area contributed by atoms with Gasteiger partial charge in [-0.2, -0.15) is 13.2 Å². The quantitative estimate of drug-likeness (QED) is 0.778.